The van der Waals surface area contributed by atoms with Crippen LogP contribution in [0, 0.1) is 11.6 Å². The number of anilines is 3. The van der Waals surface area contributed by atoms with Crippen LogP contribution in [0.15, 0.2) is 42.5 Å². The minimum atomic E-state index is -1.19. The highest BCUT2D eigenvalue weighted by Crippen LogP contribution is 2.28. The lowest BCUT2D eigenvalue weighted by molar-refractivity contribution is -0.123. The van der Waals surface area contributed by atoms with Gasteiger partial charge in [0.2, 0.25) is 0 Å². The Bertz CT molecular complexity index is 640. The number of amides is 1. The highest BCUT2D eigenvalue weighted by Gasteiger charge is 2.14. The molecular formula is C15H14F2N2O2. The van der Waals surface area contributed by atoms with E-state index >= 15 is 0 Å². The maximum Gasteiger partial charge on any atom is 0.252 e. The molecule has 6 heteroatoms. The van der Waals surface area contributed by atoms with E-state index in [0.29, 0.717) is 11.4 Å². The summed E-state index contributed by atoms with van der Waals surface area (Å²) < 4.78 is 27.3. The Balaban J connectivity index is 2.31. The van der Waals surface area contributed by atoms with Crippen LogP contribution in [0.1, 0.15) is 6.92 Å². The van der Waals surface area contributed by atoms with Gasteiger partial charge in [-0.2, -0.15) is 0 Å². The maximum absolute atomic E-state index is 13.6. The number of para-hydroxylation sites is 3. The molecule has 2 aromatic carbocycles. The van der Waals surface area contributed by atoms with Crippen LogP contribution in [0.5, 0.6) is 0 Å². The zero-order valence-electron chi connectivity index (χ0n) is 11.2. The minimum Gasteiger partial charge on any atom is -0.384 e. The first-order valence-electron chi connectivity index (χ1n) is 6.28. The third-order valence-corrected chi connectivity index (χ3v) is 2.79. The van der Waals surface area contributed by atoms with Gasteiger partial charge in [-0.3, -0.25) is 4.79 Å². The number of carbonyl (C=O) groups excluding carboxylic acids is 1. The van der Waals surface area contributed by atoms with E-state index in [4.69, 9.17) is 0 Å². The molecule has 1 atom stereocenters. The van der Waals surface area contributed by atoms with Crippen LogP contribution >= 0.6 is 0 Å². The number of hydrogen-bond donors (Lipinski definition) is 3. The molecular weight excluding hydrogens is 278 g/mol. The van der Waals surface area contributed by atoms with E-state index in [-0.39, 0.29) is 5.69 Å². The number of nitrogens with one attached hydrogen (secondary N) is 2. The molecule has 2 rings (SSSR count). The highest BCUT2D eigenvalue weighted by atomic mass is 19.1. The van der Waals surface area contributed by atoms with Gasteiger partial charge >= 0.3 is 0 Å². The van der Waals surface area contributed by atoms with Gasteiger partial charge in [0.25, 0.3) is 5.91 Å². The van der Waals surface area contributed by atoms with Gasteiger partial charge in [-0.05, 0) is 31.2 Å². The first kappa shape index (κ1) is 14.9. The van der Waals surface area contributed by atoms with Crippen LogP contribution in [-0.2, 0) is 4.79 Å². The number of aliphatic hydroxyl groups excluding tert-OH is 1. The first-order valence-corrected chi connectivity index (χ1v) is 6.28. The summed E-state index contributed by atoms with van der Waals surface area (Å²) in [6.45, 7) is 1.32. The van der Waals surface area contributed by atoms with Crippen LogP contribution in [-0.4, -0.2) is 17.1 Å². The number of carbonyl (C=O) groups is 1. The predicted molar refractivity (Wildman–Crippen MR) is 76.4 cm³/mol. The lowest BCUT2D eigenvalue weighted by Crippen LogP contribution is -2.24. The molecule has 21 heavy (non-hydrogen) atoms. The van der Waals surface area contributed by atoms with Crippen LogP contribution in [0.2, 0.25) is 0 Å². The van der Waals surface area contributed by atoms with E-state index in [1.165, 1.54) is 13.0 Å². The molecule has 0 spiro atoms. The second-order valence-electron chi connectivity index (χ2n) is 4.43. The average molecular weight is 292 g/mol. The molecule has 0 aliphatic heterocycles. The molecule has 1 amide bonds. The number of halogens is 2. The van der Waals surface area contributed by atoms with Crippen molar-refractivity contribution in [3.63, 3.8) is 0 Å². The molecule has 0 aliphatic rings. The van der Waals surface area contributed by atoms with Crippen LogP contribution in [0.3, 0.4) is 0 Å². The molecule has 2 aromatic rings. The number of benzene rings is 2. The Morgan fingerprint density at radius 3 is 2.19 bits per heavy atom. The topological polar surface area (TPSA) is 61.4 Å². The van der Waals surface area contributed by atoms with Gasteiger partial charge in [0, 0.05) is 0 Å². The maximum atomic E-state index is 13.6. The van der Waals surface area contributed by atoms with Crippen molar-refractivity contribution in [2.45, 2.75) is 13.0 Å². The summed E-state index contributed by atoms with van der Waals surface area (Å²) >= 11 is 0. The summed E-state index contributed by atoms with van der Waals surface area (Å²) in [5, 5.41) is 14.3. The number of aliphatic hydroxyl groups is 1. The number of rotatable bonds is 4. The zero-order chi connectivity index (χ0) is 15.4. The molecule has 0 aliphatic carbocycles. The molecule has 4 nitrogen and oxygen atoms in total. The van der Waals surface area contributed by atoms with Crippen molar-refractivity contribution in [2.24, 2.45) is 0 Å². The zero-order valence-corrected chi connectivity index (χ0v) is 11.2. The Hall–Kier alpha value is -2.47. The van der Waals surface area contributed by atoms with E-state index in [1.54, 1.807) is 24.3 Å². The third kappa shape index (κ3) is 3.55. The lowest BCUT2D eigenvalue weighted by atomic mass is 10.2. The monoisotopic (exact) mass is 292 g/mol. The quantitative estimate of drug-likeness (QED) is 0.811. The van der Waals surface area contributed by atoms with Crippen molar-refractivity contribution >= 4 is 23.0 Å². The largest absolute Gasteiger partial charge is 0.384 e. The van der Waals surface area contributed by atoms with Gasteiger partial charge in [0.05, 0.1) is 11.4 Å². The number of hydrogen-bond acceptors (Lipinski definition) is 3. The van der Waals surface area contributed by atoms with Gasteiger partial charge in [-0.15, -0.1) is 0 Å². The first-order chi connectivity index (χ1) is 9.99. The molecule has 3 N–H and O–H groups in total. The summed E-state index contributed by atoms with van der Waals surface area (Å²) in [5.74, 6) is -2.10. The Labute approximate surface area is 120 Å². The van der Waals surface area contributed by atoms with Crippen molar-refractivity contribution < 1.29 is 18.7 Å². The molecule has 0 radical (unpaired) electrons. The predicted octanol–water partition coefficient (Wildman–Crippen LogP) is 3.03. The summed E-state index contributed by atoms with van der Waals surface area (Å²) in [6.07, 6.45) is -1.19. The Kier molecular flexibility index (Phi) is 4.49. The smallest absolute Gasteiger partial charge is 0.252 e. The fraction of sp³-hybridized carbons (Fsp3) is 0.133. The van der Waals surface area contributed by atoms with E-state index in [1.807, 2.05) is 0 Å². The van der Waals surface area contributed by atoms with Crippen molar-refractivity contribution in [3.05, 3.63) is 54.1 Å². The van der Waals surface area contributed by atoms with Gasteiger partial charge in [-0.25, -0.2) is 8.78 Å². The standard InChI is InChI=1S/C15H14F2N2O2/c1-9(20)15(21)19-13-8-3-2-7-12(13)18-14-10(16)5-4-6-11(14)17/h2-9,18,20H,1H3,(H,19,21). The van der Waals surface area contributed by atoms with Crippen molar-refractivity contribution in [2.75, 3.05) is 10.6 Å². The summed E-state index contributed by atoms with van der Waals surface area (Å²) in [5.41, 5.74) is 0.317. The van der Waals surface area contributed by atoms with E-state index in [2.05, 4.69) is 10.6 Å². The van der Waals surface area contributed by atoms with Crippen molar-refractivity contribution in [1.82, 2.24) is 0 Å². The molecule has 0 bridgehead atoms. The normalized spacial score (nSPS) is 11.8. The van der Waals surface area contributed by atoms with Crippen LogP contribution in [0.4, 0.5) is 25.8 Å². The molecule has 110 valence electrons. The van der Waals surface area contributed by atoms with Crippen LogP contribution in [0.25, 0.3) is 0 Å². The van der Waals surface area contributed by atoms with Crippen LogP contribution < -0.4 is 10.6 Å². The minimum absolute atomic E-state index is 0.309. The molecule has 1 unspecified atom stereocenters. The molecule has 0 aromatic heterocycles. The van der Waals surface area contributed by atoms with Gasteiger partial charge in [0.1, 0.15) is 23.4 Å². The van der Waals surface area contributed by atoms with Crippen molar-refractivity contribution in [1.29, 1.82) is 0 Å². The SMILES string of the molecule is CC(O)C(=O)Nc1ccccc1Nc1c(F)cccc1F. The van der Waals surface area contributed by atoms with Gasteiger partial charge < -0.3 is 15.7 Å². The molecule has 0 heterocycles. The molecule has 0 fully saturated rings. The fourth-order valence-electron chi connectivity index (χ4n) is 1.69. The third-order valence-electron chi connectivity index (χ3n) is 2.79. The van der Waals surface area contributed by atoms with Crippen molar-refractivity contribution in [3.8, 4) is 0 Å². The van der Waals surface area contributed by atoms with Gasteiger partial charge in [-0.1, -0.05) is 18.2 Å². The fourth-order valence-corrected chi connectivity index (χ4v) is 1.69. The average Bonchev–Trinajstić information content (AvgIpc) is 2.44. The van der Waals surface area contributed by atoms with E-state index in [0.717, 1.165) is 12.1 Å². The second kappa shape index (κ2) is 6.32. The highest BCUT2D eigenvalue weighted by molar-refractivity contribution is 5.97. The summed E-state index contributed by atoms with van der Waals surface area (Å²) in [6, 6.07) is 9.94. The molecule has 0 saturated heterocycles. The van der Waals surface area contributed by atoms with Gasteiger partial charge in [0.15, 0.2) is 0 Å². The summed E-state index contributed by atoms with van der Waals surface area (Å²) in [7, 11) is 0. The molecule has 0 saturated carbocycles. The summed E-state index contributed by atoms with van der Waals surface area (Å²) in [4.78, 5) is 11.5. The Morgan fingerprint density at radius 2 is 1.62 bits per heavy atom. The van der Waals surface area contributed by atoms with E-state index < -0.39 is 23.6 Å². The lowest BCUT2D eigenvalue weighted by Gasteiger charge is -2.14. The van der Waals surface area contributed by atoms with E-state index in [9.17, 15) is 18.7 Å². The Morgan fingerprint density at radius 1 is 1.05 bits per heavy atom. The second-order valence-corrected chi connectivity index (χ2v) is 4.43.